The van der Waals surface area contributed by atoms with Gasteiger partial charge in [0.15, 0.2) is 0 Å². The van der Waals surface area contributed by atoms with Crippen LogP contribution in [0.25, 0.3) is 0 Å². The van der Waals surface area contributed by atoms with E-state index < -0.39 is 11.7 Å². The molecule has 1 aliphatic carbocycles. The molecule has 2 fully saturated rings. The van der Waals surface area contributed by atoms with Crippen LogP contribution < -0.4 is 11.1 Å². The Morgan fingerprint density at radius 2 is 2.30 bits per heavy atom. The van der Waals surface area contributed by atoms with Crippen LogP contribution in [-0.2, 0) is 4.74 Å². The van der Waals surface area contributed by atoms with Gasteiger partial charge >= 0.3 is 0 Å². The fraction of sp³-hybridized carbons (Fsp3) is 0.533. The fourth-order valence-electron chi connectivity index (χ4n) is 3.18. The highest BCUT2D eigenvalue weighted by atomic mass is 19.1. The lowest BCUT2D eigenvalue weighted by molar-refractivity contribution is -0.117. The predicted molar refractivity (Wildman–Crippen MR) is 72.8 cm³/mol. The molecular weight excluding hydrogens is 259 g/mol. The minimum Gasteiger partial charge on any atom is -0.376 e. The van der Waals surface area contributed by atoms with Crippen molar-refractivity contribution in [2.75, 3.05) is 6.61 Å². The summed E-state index contributed by atoms with van der Waals surface area (Å²) in [7, 11) is 0. The Labute approximate surface area is 117 Å². The number of carbonyl (C=O) groups is 1. The standard InChI is InChI=1S/C15H19FN2O2/c1-8-4-2-5-9(11(8)16)15(19)18-13-12(17)10-6-3-7-20-14(10)13/h2,4-5,10,12-14H,3,6-7,17H2,1H3,(H,18,19). The zero-order valence-corrected chi connectivity index (χ0v) is 11.4. The highest BCUT2D eigenvalue weighted by Gasteiger charge is 2.51. The van der Waals surface area contributed by atoms with Gasteiger partial charge in [0.1, 0.15) is 5.82 Å². The summed E-state index contributed by atoms with van der Waals surface area (Å²) in [5, 5.41) is 2.82. The van der Waals surface area contributed by atoms with Crippen LogP contribution in [0.1, 0.15) is 28.8 Å². The van der Waals surface area contributed by atoms with E-state index in [0.29, 0.717) is 18.1 Å². The maximum Gasteiger partial charge on any atom is 0.254 e. The van der Waals surface area contributed by atoms with E-state index in [2.05, 4.69) is 5.32 Å². The number of nitrogens with two attached hydrogens (primary N) is 1. The topological polar surface area (TPSA) is 64.4 Å². The Balaban J connectivity index is 1.72. The summed E-state index contributed by atoms with van der Waals surface area (Å²) in [6.45, 7) is 2.35. The fourth-order valence-corrected chi connectivity index (χ4v) is 3.18. The maximum atomic E-state index is 13.9. The molecule has 0 radical (unpaired) electrons. The van der Waals surface area contributed by atoms with Crippen LogP contribution in [0.15, 0.2) is 18.2 Å². The SMILES string of the molecule is Cc1cccc(C(=O)NC2C(N)C3CCCOC32)c1F. The van der Waals surface area contributed by atoms with E-state index in [1.807, 2.05) is 0 Å². The number of amides is 1. The number of hydrogen-bond donors (Lipinski definition) is 2. The normalized spacial score (nSPS) is 32.1. The van der Waals surface area contributed by atoms with Crippen molar-refractivity contribution in [3.05, 3.63) is 35.1 Å². The lowest BCUT2D eigenvalue weighted by Gasteiger charge is -2.52. The van der Waals surface area contributed by atoms with E-state index in [0.717, 1.165) is 12.8 Å². The van der Waals surface area contributed by atoms with Gasteiger partial charge in [0, 0.05) is 18.6 Å². The largest absolute Gasteiger partial charge is 0.376 e. The number of hydrogen-bond acceptors (Lipinski definition) is 3. The number of halogens is 1. The average molecular weight is 278 g/mol. The molecule has 3 N–H and O–H groups in total. The molecule has 4 unspecified atom stereocenters. The van der Waals surface area contributed by atoms with Crippen LogP contribution in [0.4, 0.5) is 4.39 Å². The van der Waals surface area contributed by atoms with E-state index in [1.165, 1.54) is 6.07 Å². The molecule has 1 amide bonds. The van der Waals surface area contributed by atoms with Crippen molar-refractivity contribution in [1.29, 1.82) is 0 Å². The van der Waals surface area contributed by atoms with Gasteiger partial charge in [0.2, 0.25) is 0 Å². The third-order valence-electron chi connectivity index (χ3n) is 4.41. The number of aryl methyl sites for hydroxylation is 1. The first-order valence-corrected chi connectivity index (χ1v) is 7.03. The summed E-state index contributed by atoms with van der Waals surface area (Å²) >= 11 is 0. The van der Waals surface area contributed by atoms with Gasteiger partial charge in [-0.1, -0.05) is 12.1 Å². The van der Waals surface area contributed by atoms with Gasteiger partial charge in [-0.25, -0.2) is 4.39 Å². The zero-order valence-electron chi connectivity index (χ0n) is 11.4. The first kappa shape index (κ1) is 13.5. The average Bonchev–Trinajstić information content (AvgIpc) is 2.47. The highest BCUT2D eigenvalue weighted by Crippen LogP contribution is 2.37. The summed E-state index contributed by atoms with van der Waals surface area (Å²) in [6, 6.07) is 4.49. The molecule has 4 atom stereocenters. The van der Waals surface area contributed by atoms with Crippen LogP contribution in [-0.4, -0.2) is 30.7 Å². The van der Waals surface area contributed by atoms with Crippen molar-refractivity contribution in [3.63, 3.8) is 0 Å². The molecule has 1 aromatic rings. The summed E-state index contributed by atoms with van der Waals surface area (Å²) in [6.07, 6.45) is 2.04. The Hall–Kier alpha value is -1.46. The molecule has 3 rings (SSSR count). The van der Waals surface area contributed by atoms with Crippen LogP contribution >= 0.6 is 0 Å². The van der Waals surface area contributed by atoms with Crippen molar-refractivity contribution < 1.29 is 13.9 Å². The lowest BCUT2D eigenvalue weighted by atomic mass is 9.68. The molecular formula is C15H19FN2O2. The molecule has 4 nitrogen and oxygen atoms in total. The molecule has 2 aliphatic rings. The second kappa shape index (κ2) is 5.14. The molecule has 0 bridgehead atoms. The van der Waals surface area contributed by atoms with Crippen molar-refractivity contribution in [2.45, 2.75) is 38.0 Å². The Morgan fingerprint density at radius 1 is 1.50 bits per heavy atom. The third-order valence-corrected chi connectivity index (χ3v) is 4.41. The summed E-state index contributed by atoms with van der Waals surface area (Å²) in [4.78, 5) is 12.2. The van der Waals surface area contributed by atoms with Crippen molar-refractivity contribution in [1.82, 2.24) is 5.32 Å². The van der Waals surface area contributed by atoms with E-state index >= 15 is 0 Å². The van der Waals surface area contributed by atoms with Gasteiger partial charge in [0.05, 0.1) is 17.7 Å². The van der Waals surface area contributed by atoms with E-state index in [-0.39, 0.29) is 23.8 Å². The second-order valence-corrected chi connectivity index (χ2v) is 5.65. The number of benzene rings is 1. The smallest absolute Gasteiger partial charge is 0.254 e. The predicted octanol–water partition coefficient (Wildman–Crippen LogP) is 1.37. The molecule has 1 saturated heterocycles. The van der Waals surface area contributed by atoms with Crippen LogP contribution in [0, 0.1) is 18.7 Å². The molecule has 1 aliphatic heterocycles. The third kappa shape index (κ3) is 2.11. The Kier molecular flexibility index (Phi) is 3.48. The summed E-state index contributed by atoms with van der Waals surface area (Å²) in [5.41, 5.74) is 6.61. The lowest BCUT2D eigenvalue weighted by Crippen LogP contribution is -2.72. The van der Waals surface area contributed by atoms with Crippen molar-refractivity contribution in [2.24, 2.45) is 11.7 Å². The molecule has 0 spiro atoms. The van der Waals surface area contributed by atoms with Gasteiger partial charge in [-0.2, -0.15) is 0 Å². The minimum atomic E-state index is -0.473. The van der Waals surface area contributed by atoms with Crippen LogP contribution in [0.2, 0.25) is 0 Å². The summed E-state index contributed by atoms with van der Waals surface area (Å²) in [5.74, 6) is -0.574. The number of carbonyl (C=O) groups excluding carboxylic acids is 1. The van der Waals surface area contributed by atoms with E-state index in [9.17, 15) is 9.18 Å². The molecule has 1 heterocycles. The quantitative estimate of drug-likeness (QED) is 0.858. The molecule has 20 heavy (non-hydrogen) atoms. The molecule has 1 aromatic carbocycles. The number of fused-ring (bicyclic) bond motifs is 1. The number of ether oxygens (including phenoxy) is 1. The van der Waals surface area contributed by atoms with Crippen molar-refractivity contribution >= 4 is 5.91 Å². The molecule has 5 heteroatoms. The first-order chi connectivity index (χ1) is 9.59. The second-order valence-electron chi connectivity index (χ2n) is 5.65. The number of nitrogens with one attached hydrogen (secondary N) is 1. The zero-order chi connectivity index (χ0) is 14.3. The molecule has 0 aromatic heterocycles. The van der Waals surface area contributed by atoms with Gasteiger partial charge in [-0.05, 0) is 31.4 Å². The van der Waals surface area contributed by atoms with Crippen LogP contribution in [0.3, 0.4) is 0 Å². The highest BCUT2D eigenvalue weighted by molar-refractivity contribution is 5.95. The van der Waals surface area contributed by atoms with Gasteiger partial charge < -0.3 is 15.8 Å². The molecule has 108 valence electrons. The van der Waals surface area contributed by atoms with Crippen LogP contribution in [0.5, 0.6) is 0 Å². The van der Waals surface area contributed by atoms with Gasteiger partial charge in [-0.15, -0.1) is 0 Å². The minimum absolute atomic E-state index is 0.0180. The van der Waals surface area contributed by atoms with Gasteiger partial charge in [0.25, 0.3) is 5.91 Å². The molecule has 1 saturated carbocycles. The first-order valence-electron chi connectivity index (χ1n) is 7.03. The monoisotopic (exact) mass is 278 g/mol. The van der Waals surface area contributed by atoms with E-state index in [1.54, 1.807) is 19.1 Å². The van der Waals surface area contributed by atoms with E-state index in [4.69, 9.17) is 10.5 Å². The summed E-state index contributed by atoms with van der Waals surface area (Å²) < 4.78 is 19.6. The number of rotatable bonds is 2. The Morgan fingerprint density at radius 3 is 3.10 bits per heavy atom. The maximum absolute atomic E-state index is 13.9. The van der Waals surface area contributed by atoms with Crippen molar-refractivity contribution in [3.8, 4) is 0 Å². The van der Waals surface area contributed by atoms with Gasteiger partial charge in [-0.3, -0.25) is 4.79 Å². The Bertz CT molecular complexity index is 535.